The summed E-state index contributed by atoms with van der Waals surface area (Å²) in [6, 6.07) is 13.2. The van der Waals surface area contributed by atoms with Gasteiger partial charge < -0.3 is 15.2 Å². The van der Waals surface area contributed by atoms with E-state index < -0.39 is 16.3 Å². The van der Waals surface area contributed by atoms with Gasteiger partial charge in [-0.1, -0.05) is 30.7 Å². The second-order valence-corrected chi connectivity index (χ2v) is 10.4. The van der Waals surface area contributed by atoms with Crippen LogP contribution in [0.4, 0.5) is 5.69 Å². The number of aromatic hydroxyl groups is 1. The Bertz CT molecular complexity index is 1540. The molecule has 11 heteroatoms. The van der Waals surface area contributed by atoms with Crippen LogP contribution >= 0.6 is 10.8 Å². The molecule has 0 aliphatic carbocycles. The minimum absolute atomic E-state index is 0.0989. The van der Waals surface area contributed by atoms with Crippen LogP contribution in [0.5, 0.6) is 17.4 Å². The number of aryl methyl sites for hydroxylation is 1. The van der Waals surface area contributed by atoms with Gasteiger partial charge >= 0.3 is 0 Å². The average molecular weight is 508 g/mol. The van der Waals surface area contributed by atoms with Crippen molar-refractivity contribution in [1.82, 2.24) is 14.5 Å². The zero-order valence-corrected chi connectivity index (χ0v) is 20.4. The van der Waals surface area contributed by atoms with Crippen LogP contribution in [0.2, 0.25) is 0 Å². The minimum atomic E-state index is -3.73. The molecule has 0 bridgehead atoms. The quantitative estimate of drug-likeness (QED) is 0.278. The molecule has 36 heavy (non-hydrogen) atoms. The molecule has 0 fully saturated rings. The number of aromatic nitrogens is 3. The zero-order valence-electron chi connectivity index (χ0n) is 19.6. The maximum Gasteiger partial charge on any atom is 0.267 e. The van der Waals surface area contributed by atoms with Crippen molar-refractivity contribution in [2.75, 3.05) is 5.32 Å². The number of nitrogens with zero attached hydrogens (tertiary/aromatic N) is 4. The second kappa shape index (κ2) is 9.26. The number of rotatable bonds is 6. The Kier molecular flexibility index (Phi) is 6.12. The first-order chi connectivity index (χ1) is 17.2. The predicted octanol–water partition coefficient (Wildman–Crippen LogP) is 5.23. The number of anilines is 1. The second-order valence-electron chi connectivity index (χ2n) is 8.75. The molecular formula is C25H25N5O5S. The van der Waals surface area contributed by atoms with E-state index in [2.05, 4.69) is 19.7 Å². The number of benzene rings is 1. The van der Waals surface area contributed by atoms with E-state index in [0.717, 1.165) is 0 Å². The van der Waals surface area contributed by atoms with Crippen molar-refractivity contribution < 1.29 is 18.9 Å². The first kappa shape index (κ1) is 23.8. The molecular weight excluding hydrogens is 482 g/mol. The lowest BCUT2D eigenvalue weighted by Crippen LogP contribution is -2.32. The Morgan fingerprint density at radius 2 is 1.89 bits per heavy atom. The summed E-state index contributed by atoms with van der Waals surface area (Å²) in [5.41, 5.74) is -0.00522. The Labute approximate surface area is 208 Å². The van der Waals surface area contributed by atoms with Gasteiger partial charge in [0.1, 0.15) is 27.6 Å². The van der Waals surface area contributed by atoms with Gasteiger partial charge in [-0.05, 0) is 42.7 Å². The molecule has 4 aromatic rings. The van der Waals surface area contributed by atoms with Crippen LogP contribution in [-0.2, 0) is 6.54 Å². The molecule has 0 unspecified atom stereocenters. The fourth-order valence-corrected chi connectivity index (χ4v) is 5.11. The Morgan fingerprint density at radius 3 is 2.64 bits per heavy atom. The summed E-state index contributed by atoms with van der Waals surface area (Å²) in [5, 5.41) is 14.4. The highest BCUT2D eigenvalue weighted by Crippen LogP contribution is 2.56. The molecule has 10 nitrogen and oxygen atoms in total. The summed E-state index contributed by atoms with van der Waals surface area (Å²) in [7, 11) is -3.73. The summed E-state index contributed by atoms with van der Waals surface area (Å²) < 4.78 is 33.1. The van der Waals surface area contributed by atoms with Gasteiger partial charge in [0.05, 0.1) is 11.1 Å². The third-order valence-electron chi connectivity index (χ3n) is 5.74. The zero-order chi connectivity index (χ0) is 25.4. The molecule has 0 radical (unpaired) electrons. The Morgan fingerprint density at radius 1 is 1.08 bits per heavy atom. The van der Waals surface area contributed by atoms with Crippen LogP contribution < -0.4 is 15.6 Å². The Hall–Kier alpha value is -3.93. The molecule has 5 rings (SSSR count). The maximum atomic E-state index is 13.6. The highest BCUT2D eigenvalue weighted by Gasteiger charge is 2.31. The van der Waals surface area contributed by atoms with Crippen molar-refractivity contribution in [3.8, 4) is 17.4 Å². The van der Waals surface area contributed by atoms with E-state index in [0.29, 0.717) is 47.2 Å². The molecule has 1 aliphatic heterocycles. The van der Waals surface area contributed by atoms with E-state index in [1.165, 1.54) is 10.6 Å². The molecule has 0 atom stereocenters. The molecule has 4 N–H and O–H groups in total. The lowest BCUT2D eigenvalue weighted by atomic mass is 10.1. The lowest BCUT2D eigenvalue weighted by Gasteiger charge is -2.34. The molecule has 0 amide bonds. The molecule has 1 aromatic carbocycles. The van der Waals surface area contributed by atoms with Gasteiger partial charge in [0.25, 0.3) is 5.56 Å². The topological polar surface area (TPSA) is 142 Å². The van der Waals surface area contributed by atoms with Crippen molar-refractivity contribution in [3.05, 3.63) is 76.8 Å². The van der Waals surface area contributed by atoms with Crippen molar-refractivity contribution in [2.24, 2.45) is 10.3 Å². The van der Waals surface area contributed by atoms with E-state index in [9.17, 15) is 19.0 Å². The molecule has 3 aromatic heterocycles. The van der Waals surface area contributed by atoms with E-state index in [1.807, 2.05) is 13.8 Å². The number of hydrogen-bond donors (Lipinski definition) is 4. The van der Waals surface area contributed by atoms with Gasteiger partial charge in [0.2, 0.25) is 5.88 Å². The lowest BCUT2D eigenvalue weighted by molar-refractivity contribution is 0.458. The standard InChI is InChI=1S/C25H25N5O5S/c1-15(2)10-13-30-24-17(6-5-12-27-24)22(31)21(25(30)32)23-28-18-9-8-16(14-19(18)36(33,34)29-23)35-20-7-3-4-11-26-20/h3-9,11-12,14-15,31,33-34H,10,13H2,1-2H3,(H,28,29). The largest absolute Gasteiger partial charge is 0.506 e. The van der Waals surface area contributed by atoms with E-state index in [4.69, 9.17) is 4.74 Å². The highest BCUT2D eigenvalue weighted by molar-refractivity contribution is 8.23. The van der Waals surface area contributed by atoms with Crippen molar-refractivity contribution >= 4 is 33.3 Å². The van der Waals surface area contributed by atoms with Crippen molar-refractivity contribution in [2.45, 2.75) is 31.7 Å². The fraction of sp³-hybridized carbons (Fsp3) is 0.200. The molecule has 186 valence electrons. The van der Waals surface area contributed by atoms with Gasteiger partial charge in [-0.15, -0.1) is 4.40 Å². The first-order valence-electron chi connectivity index (χ1n) is 11.3. The monoisotopic (exact) mass is 507 g/mol. The van der Waals surface area contributed by atoms with Gasteiger partial charge in [0, 0.05) is 31.1 Å². The molecule has 1 aliphatic rings. The third-order valence-corrected chi connectivity index (χ3v) is 7.11. The van der Waals surface area contributed by atoms with Crippen LogP contribution in [0, 0.1) is 5.92 Å². The summed E-state index contributed by atoms with van der Waals surface area (Å²) in [4.78, 5) is 22.1. The summed E-state index contributed by atoms with van der Waals surface area (Å²) in [6.45, 7) is 4.48. The van der Waals surface area contributed by atoms with Gasteiger partial charge in [-0.2, -0.15) is 0 Å². The SMILES string of the molecule is CC(C)CCn1c(=O)c(C2=NS(O)(O)c3cc(Oc4ccccn4)ccc3N2)c(O)c2cccnc21. The summed E-state index contributed by atoms with van der Waals surface area (Å²) >= 11 is 0. The van der Waals surface area contributed by atoms with E-state index >= 15 is 0 Å². The summed E-state index contributed by atoms with van der Waals surface area (Å²) in [5.74, 6) is 0.554. The number of fused-ring (bicyclic) bond motifs is 2. The number of pyridine rings is 3. The van der Waals surface area contributed by atoms with Crippen LogP contribution in [0.3, 0.4) is 0 Å². The fourth-order valence-electron chi connectivity index (χ4n) is 3.93. The normalized spacial score (nSPS) is 15.2. The average Bonchev–Trinajstić information content (AvgIpc) is 2.84. The first-order valence-corrected chi connectivity index (χ1v) is 12.8. The molecule has 0 spiro atoms. The number of nitrogens with one attached hydrogen (secondary N) is 1. The van der Waals surface area contributed by atoms with Crippen molar-refractivity contribution in [3.63, 3.8) is 0 Å². The van der Waals surface area contributed by atoms with Gasteiger partial charge in [0.15, 0.2) is 5.84 Å². The molecule has 0 saturated carbocycles. The molecule has 0 saturated heterocycles. The van der Waals surface area contributed by atoms with E-state index in [1.54, 1.807) is 54.9 Å². The summed E-state index contributed by atoms with van der Waals surface area (Å²) in [6.07, 6.45) is 3.85. The van der Waals surface area contributed by atoms with E-state index in [-0.39, 0.29) is 22.0 Å². The Balaban J connectivity index is 1.59. The minimum Gasteiger partial charge on any atom is -0.506 e. The predicted molar refractivity (Wildman–Crippen MR) is 139 cm³/mol. The number of amidine groups is 1. The van der Waals surface area contributed by atoms with Crippen LogP contribution in [0.15, 0.2) is 75.0 Å². The third kappa shape index (κ3) is 4.39. The maximum absolute atomic E-state index is 13.6. The number of ether oxygens (including phenoxy) is 1. The van der Waals surface area contributed by atoms with Crippen LogP contribution in [0.25, 0.3) is 11.0 Å². The van der Waals surface area contributed by atoms with Crippen LogP contribution in [0.1, 0.15) is 25.8 Å². The van der Waals surface area contributed by atoms with Gasteiger partial charge in [-0.25, -0.2) is 9.97 Å². The van der Waals surface area contributed by atoms with Gasteiger partial charge in [-0.3, -0.25) is 18.5 Å². The van der Waals surface area contributed by atoms with Crippen molar-refractivity contribution in [1.29, 1.82) is 0 Å². The highest BCUT2D eigenvalue weighted by atomic mass is 32.3. The molecule has 4 heterocycles. The smallest absolute Gasteiger partial charge is 0.267 e. The number of hydrogen-bond acceptors (Lipinski definition) is 9. The van der Waals surface area contributed by atoms with Crippen LogP contribution in [-0.4, -0.2) is 34.6 Å².